The van der Waals surface area contributed by atoms with Crippen LogP contribution >= 0.6 is 15.9 Å². The smallest absolute Gasteiger partial charge is 0.398 e. The molecule has 0 saturated carbocycles. The van der Waals surface area contributed by atoms with Gasteiger partial charge >= 0.3 is 7.12 Å². The number of aromatic amines is 1. The Bertz CT molecular complexity index is 781. The SMILES string of the molecule is CC(=C(F)B1OC(C)(C)C(C)(C)O1)c1c[nH]c2cc(Br)ccc12. The Balaban J connectivity index is 2.00. The number of hydrogen-bond acceptors (Lipinski definition) is 2. The summed E-state index contributed by atoms with van der Waals surface area (Å²) in [6, 6.07) is 5.88. The van der Waals surface area contributed by atoms with E-state index in [-0.39, 0.29) is 5.73 Å². The zero-order valence-corrected chi connectivity index (χ0v) is 15.5. The number of H-pyrrole nitrogens is 1. The molecule has 1 N–H and O–H groups in total. The van der Waals surface area contributed by atoms with E-state index in [2.05, 4.69) is 20.9 Å². The molecule has 1 aliphatic rings. The molecule has 6 heteroatoms. The Morgan fingerprint density at radius 1 is 1.17 bits per heavy atom. The Hall–Kier alpha value is -1.11. The lowest BCUT2D eigenvalue weighted by Gasteiger charge is -2.32. The van der Waals surface area contributed by atoms with Gasteiger partial charge in [0.25, 0.3) is 0 Å². The van der Waals surface area contributed by atoms with Crippen LogP contribution < -0.4 is 0 Å². The van der Waals surface area contributed by atoms with Crippen molar-refractivity contribution in [2.75, 3.05) is 0 Å². The first kappa shape index (κ1) is 16.7. The summed E-state index contributed by atoms with van der Waals surface area (Å²) in [7, 11) is -0.972. The molecule has 122 valence electrons. The van der Waals surface area contributed by atoms with Crippen molar-refractivity contribution in [1.82, 2.24) is 4.98 Å². The fourth-order valence-electron chi connectivity index (χ4n) is 2.66. The Morgan fingerprint density at radius 3 is 2.39 bits per heavy atom. The lowest BCUT2D eigenvalue weighted by molar-refractivity contribution is 0.00578. The minimum atomic E-state index is -0.972. The van der Waals surface area contributed by atoms with Crippen LogP contribution in [0.1, 0.15) is 40.2 Å². The molecule has 3 rings (SSSR count). The highest BCUT2D eigenvalue weighted by molar-refractivity contribution is 9.10. The van der Waals surface area contributed by atoms with Crippen LogP contribution in [0.5, 0.6) is 0 Å². The lowest BCUT2D eigenvalue weighted by Crippen LogP contribution is -2.41. The van der Waals surface area contributed by atoms with Crippen molar-refractivity contribution in [3.8, 4) is 0 Å². The first-order chi connectivity index (χ1) is 10.6. The van der Waals surface area contributed by atoms with E-state index in [0.717, 1.165) is 20.9 Å². The maximum Gasteiger partial charge on any atom is 0.525 e. The van der Waals surface area contributed by atoms with E-state index in [0.29, 0.717) is 5.57 Å². The summed E-state index contributed by atoms with van der Waals surface area (Å²) < 4.78 is 27.6. The molecular weight excluding hydrogens is 360 g/mol. The van der Waals surface area contributed by atoms with Crippen LogP contribution in [-0.2, 0) is 9.31 Å². The molecule has 0 atom stereocenters. The van der Waals surface area contributed by atoms with Gasteiger partial charge in [-0.25, -0.2) is 4.39 Å². The molecule has 1 aromatic heterocycles. The van der Waals surface area contributed by atoms with E-state index in [1.165, 1.54) is 0 Å². The molecule has 2 aromatic rings. The zero-order chi connectivity index (χ0) is 17.0. The number of allylic oxidation sites excluding steroid dienone is 1. The molecule has 3 nitrogen and oxygen atoms in total. The summed E-state index contributed by atoms with van der Waals surface area (Å²) in [5.41, 5.74) is 0.806. The molecule has 23 heavy (non-hydrogen) atoms. The van der Waals surface area contributed by atoms with Crippen molar-refractivity contribution in [3.05, 3.63) is 40.2 Å². The number of hydrogen-bond donors (Lipinski definition) is 1. The number of fused-ring (bicyclic) bond motifs is 1. The van der Waals surface area contributed by atoms with Gasteiger partial charge in [0.1, 0.15) is 5.73 Å². The van der Waals surface area contributed by atoms with Gasteiger partial charge in [-0.1, -0.05) is 22.0 Å². The quantitative estimate of drug-likeness (QED) is 0.722. The van der Waals surface area contributed by atoms with E-state index in [4.69, 9.17) is 9.31 Å². The topological polar surface area (TPSA) is 34.2 Å². The predicted octanol–water partition coefficient (Wildman–Crippen LogP) is 5.26. The number of rotatable bonds is 2. The van der Waals surface area contributed by atoms with Gasteiger partial charge in [0.15, 0.2) is 0 Å². The van der Waals surface area contributed by atoms with Gasteiger partial charge in [-0.05, 0) is 52.3 Å². The Kier molecular flexibility index (Phi) is 3.98. The molecule has 0 aliphatic carbocycles. The molecule has 1 aromatic carbocycles. The maximum atomic E-state index is 15.0. The second kappa shape index (κ2) is 5.47. The van der Waals surface area contributed by atoms with Crippen molar-refractivity contribution in [3.63, 3.8) is 0 Å². The van der Waals surface area contributed by atoms with E-state index >= 15 is 0 Å². The third kappa shape index (κ3) is 2.77. The minimum Gasteiger partial charge on any atom is -0.398 e. The van der Waals surface area contributed by atoms with Crippen LogP contribution in [0.2, 0.25) is 0 Å². The largest absolute Gasteiger partial charge is 0.525 e. The highest BCUT2D eigenvalue weighted by atomic mass is 79.9. The van der Waals surface area contributed by atoms with Gasteiger partial charge < -0.3 is 14.3 Å². The average molecular weight is 380 g/mol. The minimum absolute atomic E-state index is 0.382. The van der Waals surface area contributed by atoms with Crippen molar-refractivity contribution < 1.29 is 13.7 Å². The molecular formula is C17H20BBrFNO2. The highest BCUT2D eigenvalue weighted by Gasteiger charge is 2.53. The van der Waals surface area contributed by atoms with Crippen LogP contribution in [0, 0.1) is 0 Å². The number of aromatic nitrogens is 1. The average Bonchev–Trinajstić information content (AvgIpc) is 2.95. The molecule has 2 heterocycles. The molecule has 0 radical (unpaired) electrons. The molecule has 0 bridgehead atoms. The van der Waals surface area contributed by atoms with Gasteiger partial charge in [-0.15, -0.1) is 0 Å². The summed E-state index contributed by atoms with van der Waals surface area (Å²) in [5.74, 6) is 0. The monoisotopic (exact) mass is 379 g/mol. The van der Waals surface area contributed by atoms with Gasteiger partial charge in [0.05, 0.1) is 11.2 Å². The van der Waals surface area contributed by atoms with E-state index in [9.17, 15) is 4.39 Å². The van der Waals surface area contributed by atoms with Crippen LogP contribution in [0.3, 0.4) is 0 Å². The molecule has 1 aliphatic heterocycles. The van der Waals surface area contributed by atoms with Crippen LogP contribution in [0.25, 0.3) is 16.5 Å². The first-order valence-electron chi connectivity index (χ1n) is 7.61. The van der Waals surface area contributed by atoms with Gasteiger partial charge in [-0.3, -0.25) is 0 Å². The third-order valence-corrected chi connectivity index (χ3v) is 5.36. The molecule has 0 spiro atoms. The Morgan fingerprint density at radius 2 is 1.78 bits per heavy atom. The Labute approximate surface area is 144 Å². The van der Waals surface area contributed by atoms with Crippen LogP contribution in [0.4, 0.5) is 4.39 Å². The van der Waals surface area contributed by atoms with Crippen LogP contribution in [0.15, 0.2) is 34.6 Å². The molecule has 0 unspecified atom stereocenters. The lowest BCUT2D eigenvalue weighted by atomic mass is 9.83. The summed E-state index contributed by atoms with van der Waals surface area (Å²) in [6.07, 6.45) is 1.82. The third-order valence-electron chi connectivity index (χ3n) is 4.87. The molecule has 1 saturated heterocycles. The van der Waals surface area contributed by atoms with Crippen molar-refractivity contribution in [2.45, 2.75) is 45.8 Å². The number of nitrogens with one attached hydrogen (secondary N) is 1. The normalized spacial score (nSPS) is 20.9. The second-order valence-electron chi connectivity index (χ2n) is 6.95. The summed E-state index contributed by atoms with van der Waals surface area (Å²) in [5, 5.41) is 0.970. The fraction of sp³-hybridized carbons (Fsp3) is 0.412. The fourth-order valence-corrected chi connectivity index (χ4v) is 3.02. The molecule has 0 amide bonds. The highest BCUT2D eigenvalue weighted by Crippen LogP contribution is 2.40. The van der Waals surface area contributed by atoms with Crippen molar-refractivity contribution in [1.29, 1.82) is 0 Å². The van der Waals surface area contributed by atoms with Crippen molar-refractivity contribution in [2.24, 2.45) is 0 Å². The van der Waals surface area contributed by atoms with Crippen molar-refractivity contribution >= 4 is 39.5 Å². The van der Waals surface area contributed by atoms with E-state index < -0.39 is 18.3 Å². The zero-order valence-electron chi connectivity index (χ0n) is 14.0. The second-order valence-corrected chi connectivity index (χ2v) is 7.87. The van der Waals surface area contributed by atoms with E-state index in [1.54, 1.807) is 6.92 Å². The van der Waals surface area contributed by atoms with Crippen LogP contribution in [-0.4, -0.2) is 23.3 Å². The van der Waals surface area contributed by atoms with Gasteiger partial charge in [0, 0.05) is 27.1 Å². The summed E-state index contributed by atoms with van der Waals surface area (Å²) in [4.78, 5) is 3.18. The summed E-state index contributed by atoms with van der Waals surface area (Å²) in [6.45, 7) is 9.42. The van der Waals surface area contributed by atoms with Gasteiger partial charge in [-0.2, -0.15) is 0 Å². The molecule has 1 fully saturated rings. The summed E-state index contributed by atoms with van der Waals surface area (Å²) >= 11 is 3.44. The number of benzene rings is 1. The standard InChI is InChI=1S/C17H20BBrFNO2/c1-10(13-9-21-14-8-11(19)6-7-12(13)14)15(20)18-22-16(2,3)17(4,5)23-18/h6-9,21H,1-5H3. The van der Waals surface area contributed by atoms with E-state index in [1.807, 2.05) is 52.1 Å². The number of halogens is 2. The predicted molar refractivity (Wildman–Crippen MR) is 95.8 cm³/mol. The first-order valence-corrected chi connectivity index (χ1v) is 8.40. The van der Waals surface area contributed by atoms with Gasteiger partial charge in [0.2, 0.25) is 0 Å². The maximum absolute atomic E-state index is 15.0.